The average Bonchev–Trinajstić information content (AvgIpc) is 3.08. The summed E-state index contributed by atoms with van der Waals surface area (Å²) in [5, 5.41) is 5.54. The molecule has 2 aliphatic heterocycles. The molecule has 0 saturated carbocycles. The summed E-state index contributed by atoms with van der Waals surface area (Å²) in [6.07, 6.45) is 1.53. The van der Waals surface area contributed by atoms with E-state index in [-0.39, 0.29) is 28.5 Å². The van der Waals surface area contributed by atoms with Crippen LogP contribution in [-0.2, 0) is 14.4 Å². The van der Waals surface area contributed by atoms with Crippen LogP contribution in [0.3, 0.4) is 0 Å². The van der Waals surface area contributed by atoms with Gasteiger partial charge in [0.25, 0.3) is 5.91 Å². The third-order valence-corrected chi connectivity index (χ3v) is 4.97. The molecule has 1 aromatic carbocycles. The summed E-state index contributed by atoms with van der Waals surface area (Å²) in [7, 11) is 1.57. The Bertz CT molecular complexity index is 957. The molecule has 2 aliphatic rings. The number of carbonyl (C=O) groups excluding carboxylic acids is 3. The van der Waals surface area contributed by atoms with Gasteiger partial charge >= 0.3 is 0 Å². The van der Waals surface area contributed by atoms with E-state index in [1.54, 1.807) is 25.3 Å². The number of aliphatic imine (C=N–C) groups is 2. The molecule has 9 nitrogen and oxygen atoms in total. The minimum Gasteiger partial charge on any atom is -0.497 e. The molecule has 3 rings (SSSR count). The van der Waals surface area contributed by atoms with Crippen LogP contribution in [0, 0.1) is 0 Å². The van der Waals surface area contributed by atoms with Crippen LogP contribution in [-0.4, -0.2) is 65.9 Å². The van der Waals surface area contributed by atoms with Crippen LogP contribution in [0.5, 0.6) is 5.75 Å². The van der Waals surface area contributed by atoms with E-state index in [1.165, 1.54) is 11.8 Å². The molecule has 2 N–H and O–H groups in total. The van der Waals surface area contributed by atoms with Gasteiger partial charge in [-0.3, -0.25) is 19.3 Å². The Kier molecular flexibility index (Phi) is 6.88. The highest BCUT2D eigenvalue weighted by atomic mass is 32.1. The number of hydrogen-bond donors (Lipinski definition) is 2. The van der Waals surface area contributed by atoms with Gasteiger partial charge in [0, 0.05) is 38.5 Å². The van der Waals surface area contributed by atoms with Crippen LogP contribution < -0.4 is 15.4 Å². The van der Waals surface area contributed by atoms with E-state index in [9.17, 15) is 14.4 Å². The van der Waals surface area contributed by atoms with Crippen molar-refractivity contribution < 1.29 is 19.1 Å². The smallest absolute Gasteiger partial charge is 0.280 e. The van der Waals surface area contributed by atoms with Gasteiger partial charge in [-0.2, -0.15) is 0 Å². The molecule has 10 heteroatoms. The molecule has 0 saturated heterocycles. The normalized spacial score (nSPS) is 14.5. The highest BCUT2D eigenvalue weighted by molar-refractivity contribution is 7.80. The molecule has 0 fully saturated rings. The lowest BCUT2D eigenvalue weighted by molar-refractivity contribution is -0.122. The minimum atomic E-state index is -0.278. The van der Waals surface area contributed by atoms with Gasteiger partial charge in [-0.1, -0.05) is 0 Å². The number of methoxy groups -OCH3 is 1. The predicted octanol–water partition coefficient (Wildman–Crippen LogP) is 1.12. The van der Waals surface area contributed by atoms with Crippen molar-refractivity contribution >= 4 is 52.2 Å². The monoisotopic (exact) mass is 429 g/mol. The third kappa shape index (κ3) is 4.88. The fourth-order valence-corrected chi connectivity index (χ4v) is 3.41. The van der Waals surface area contributed by atoms with Gasteiger partial charge in [-0.05, 0) is 43.3 Å². The van der Waals surface area contributed by atoms with Gasteiger partial charge in [0.1, 0.15) is 11.5 Å². The third-order valence-electron chi connectivity index (χ3n) is 4.66. The summed E-state index contributed by atoms with van der Waals surface area (Å²) in [4.78, 5) is 45.7. The van der Waals surface area contributed by atoms with Gasteiger partial charge in [-0.25, -0.2) is 9.98 Å². The second kappa shape index (κ2) is 9.57. The number of rotatable bonds is 9. The lowest BCUT2D eigenvalue weighted by Crippen LogP contribution is -2.46. The number of nitrogens with one attached hydrogen (secondary N) is 2. The van der Waals surface area contributed by atoms with Crippen molar-refractivity contribution in [1.29, 1.82) is 0 Å². The zero-order chi connectivity index (χ0) is 21.7. The van der Waals surface area contributed by atoms with Crippen molar-refractivity contribution in [3.05, 3.63) is 23.8 Å². The highest BCUT2D eigenvalue weighted by Gasteiger charge is 2.37. The molecule has 3 amide bonds. The molecule has 0 radical (unpaired) electrons. The predicted molar refractivity (Wildman–Crippen MR) is 116 cm³/mol. The first-order valence-corrected chi connectivity index (χ1v) is 10.0. The van der Waals surface area contributed by atoms with Crippen molar-refractivity contribution in [3.63, 3.8) is 0 Å². The zero-order valence-electron chi connectivity index (χ0n) is 16.9. The Morgan fingerprint density at radius 2 is 1.90 bits per heavy atom. The van der Waals surface area contributed by atoms with Crippen molar-refractivity contribution in [3.8, 4) is 5.75 Å². The van der Waals surface area contributed by atoms with Crippen LogP contribution in [0.1, 0.15) is 31.7 Å². The summed E-state index contributed by atoms with van der Waals surface area (Å²) in [6.45, 7) is 2.57. The molecule has 0 spiro atoms. The first kappa shape index (κ1) is 21.6. The molecule has 0 aliphatic carbocycles. The second-order valence-electron chi connectivity index (χ2n) is 6.83. The lowest BCUT2D eigenvalue weighted by atomic mass is 10.0. The van der Waals surface area contributed by atoms with Crippen LogP contribution in [0.4, 0.5) is 5.69 Å². The van der Waals surface area contributed by atoms with Crippen LogP contribution in [0.15, 0.2) is 28.2 Å². The van der Waals surface area contributed by atoms with E-state index in [2.05, 4.69) is 20.6 Å². The van der Waals surface area contributed by atoms with Gasteiger partial charge < -0.3 is 15.4 Å². The SMILES string of the molecule is COc1ccc2c(c1)C1=NC(=S)N(CCCCC(=O)NCCNC(C)=O)C(=O)C1=N2. The number of thiocarbonyl (C=S) groups is 1. The molecular formula is C20H23N5O4S. The number of amides is 3. The van der Waals surface area contributed by atoms with E-state index in [4.69, 9.17) is 17.0 Å². The van der Waals surface area contributed by atoms with E-state index >= 15 is 0 Å². The maximum absolute atomic E-state index is 12.9. The molecule has 1 aromatic rings. The average molecular weight is 430 g/mol. The van der Waals surface area contributed by atoms with E-state index < -0.39 is 0 Å². The van der Waals surface area contributed by atoms with Gasteiger partial charge in [0.2, 0.25) is 16.9 Å². The van der Waals surface area contributed by atoms with Crippen molar-refractivity contribution in [2.75, 3.05) is 26.7 Å². The molecule has 0 unspecified atom stereocenters. The Balaban J connectivity index is 1.51. The molecule has 0 atom stereocenters. The number of hydrogen-bond acceptors (Lipinski definition) is 6. The maximum Gasteiger partial charge on any atom is 0.280 e. The second-order valence-corrected chi connectivity index (χ2v) is 7.20. The summed E-state index contributed by atoms with van der Waals surface area (Å²) >= 11 is 5.33. The molecule has 158 valence electrons. The topological polar surface area (TPSA) is 112 Å². The first-order chi connectivity index (χ1) is 14.4. The lowest BCUT2D eigenvalue weighted by Gasteiger charge is -2.25. The van der Waals surface area contributed by atoms with E-state index in [0.717, 1.165) is 5.56 Å². The Hall–Kier alpha value is -3.14. The molecule has 0 aromatic heterocycles. The number of benzene rings is 1. The summed E-state index contributed by atoms with van der Waals surface area (Å²) in [5.41, 5.74) is 2.16. The Morgan fingerprint density at radius 3 is 2.63 bits per heavy atom. The van der Waals surface area contributed by atoms with Crippen LogP contribution in [0.2, 0.25) is 0 Å². The molecule has 0 bridgehead atoms. The van der Waals surface area contributed by atoms with Crippen LogP contribution in [0.25, 0.3) is 0 Å². The number of carbonyl (C=O) groups is 3. The fraction of sp³-hybridized carbons (Fsp3) is 0.400. The molecule has 30 heavy (non-hydrogen) atoms. The van der Waals surface area contributed by atoms with Crippen molar-refractivity contribution in [1.82, 2.24) is 15.5 Å². The van der Waals surface area contributed by atoms with Gasteiger partial charge in [0.05, 0.1) is 12.8 Å². The largest absolute Gasteiger partial charge is 0.497 e. The molecule has 2 heterocycles. The first-order valence-electron chi connectivity index (χ1n) is 9.64. The summed E-state index contributed by atoms with van der Waals surface area (Å²) in [6, 6.07) is 5.36. The van der Waals surface area contributed by atoms with Gasteiger partial charge in [-0.15, -0.1) is 0 Å². The highest BCUT2D eigenvalue weighted by Crippen LogP contribution is 2.32. The summed E-state index contributed by atoms with van der Waals surface area (Å²) in [5.74, 6) is 0.146. The molecular weight excluding hydrogens is 406 g/mol. The number of nitrogens with zero attached hydrogens (tertiary/aromatic N) is 3. The number of fused-ring (bicyclic) bond motifs is 3. The van der Waals surface area contributed by atoms with E-state index in [0.29, 0.717) is 56.0 Å². The standard InChI is InChI=1S/C20H23N5O4S/c1-12(26)21-8-9-22-16(27)5-3-4-10-25-19(28)18-17(24-20(25)30)14-11-13(29-2)6-7-15(14)23-18/h6-7,11H,3-5,8-10H2,1-2H3,(H,21,26)(H,22,27). The van der Waals surface area contributed by atoms with Crippen molar-refractivity contribution in [2.24, 2.45) is 9.98 Å². The number of ether oxygens (including phenoxy) is 1. The number of unbranched alkanes of at least 4 members (excludes halogenated alkanes) is 1. The van der Waals surface area contributed by atoms with Crippen molar-refractivity contribution in [2.45, 2.75) is 26.2 Å². The van der Waals surface area contributed by atoms with Gasteiger partial charge in [0.15, 0.2) is 5.71 Å². The van der Waals surface area contributed by atoms with E-state index in [1.807, 2.05) is 0 Å². The maximum atomic E-state index is 12.9. The quantitative estimate of drug-likeness (QED) is 0.451. The zero-order valence-corrected chi connectivity index (χ0v) is 17.7. The fourth-order valence-electron chi connectivity index (χ4n) is 3.14. The van der Waals surface area contributed by atoms with Crippen LogP contribution >= 0.6 is 12.2 Å². The Labute approximate surface area is 179 Å². The Morgan fingerprint density at radius 1 is 1.13 bits per heavy atom. The minimum absolute atomic E-state index is 0.0993. The summed E-state index contributed by atoms with van der Waals surface area (Å²) < 4.78 is 5.23.